The summed E-state index contributed by atoms with van der Waals surface area (Å²) in [4.78, 5) is 34.0. The molecule has 2 rings (SSSR count). The van der Waals surface area contributed by atoms with Crippen molar-refractivity contribution in [1.82, 2.24) is 10.6 Å². The lowest BCUT2D eigenvalue weighted by Gasteiger charge is -2.08. The van der Waals surface area contributed by atoms with E-state index in [2.05, 4.69) is 41.8 Å². The largest absolute Gasteiger partial charge is 0.481 e. The maximum Gasteiger partial charge on any atom is 0.303 e. The third-order valence-electron chi connectivity index (χ3n) is 4.56. The Hall–Kier alpha value is -3.15. The van der Waals surface area contributed by atoms with Crippen molar-refractivity contribution in [2.24, 2.45) is 0 Å². The number of carboxylic acid groups (broad SMARTS) is 1. The second-order valence-electron chi connectivity index (χ2n) is 7.10. The van der Waals surface area contributed by atoms with Crippen LogP contribution in [-0.2, 0) is 33.9 Å². The molecule has 0 unspecified atom stereocenters. The highest BCUT2D eigenvalue weighted by molar-refractivity contribution is 5.80. The summed E-state index contributed by atoms with van der Waals surface area (Å²) in [7, 11) is 0. The van der Waals surface area contributed by atoms with E-state index in [4.69, 9.17) is 5.11 Å². The van der Waals surface area contributed by atoms with E-state index < -0.39 is 5.97 Å². The zero-order valence-corrected chi connectivity index (χ0v) is 16.7. The van der Waals surface area contributed by atoms with Crippen LogP contribution in [0.1, 0.15) is 47.9 Å². The molecule has 6 heteroatoms. The van der Waals surface area contributed by atoms with Crippen LogP contribution >= 0.6 is 0 Å². The summed E-state index contributed by atoms with van der Waals surface area (Å²) in [6, 6.07) is 16.0. The molecule has 6 nitrogen and oxygen atoms in total. The molecule has 0 fully saturated rings. The average molecular weight is 396 g/mol. The van der Waals surface area contributed by atoms with E-state index in [9.17, 15) is 14.4 Å². The first kappa shape index (κ1) is 22.1. The Morgan fingerprint density at radius 3 is 1.72 bits per heavy atom. The molecule has 0 aliphatic heterocycles. The summed E-state index contributed by atoms with van der Waals surface area (Å²) in [6.07, 6.45) is 2.00. The highest BCUT2D eigenvalue weighted by Gasteiger charge is 2.06. The van der Waals surface area contributed by atoms with Crippen LogP contribution in [0.4, 0.5) is 0 Å². The van der Waals surface area contributed by atoms with E-state index in [1.54, 1.807) is 0 Å². The lowest BCUT2D eigenvalue weighted by molar-refractivity contribution is -0.138. The summed E-state index contributed by atoms with van der Waals surface area (Å²) < 4.78 is 0. The quantitative estimate of drug-likeness (QED) is 0.544. The fourth-order valence-corrected chi connectivity index (χ4v) is 2.78. The molecule has 3 N–H and O–H groups in total. The van der Waals surface area contributed by atoms with Crippen LogP contribution in [0.5, 0.6) is 0 Å². The lowest BCUT2D eigenvalue weighted by Crippen LogP contribution is -2.23. The first-order chi connectivity index (χ1) is 13.9. The van der Waals surface area contributed by atoms with Crippen LogP contribution in [0.15, 0.2) is 48.5 Å². The van der Waals surface area contributed by atoms with Gasteiger partial charge in [0.25, 0.3) is 0 Å². The first-order valence-corrected chi connectivity index (χ1v) is 9.81. The minimum Gasteiger partial charge on any atom is -0.481 e. The predicted octanol–water partition coefficient (Wildman–Crippen LogP) is 3.12. The summed E-state index contributed by atoms with van der Waals surface area (Å²) in [5, 5.41) is 14.2. The molecule has 0 spiro atoms. The molecule has 2 amide bonds. The zero-order valence-electron chi connectivity index (χ0n) is 16.7. The second-order valence-corrected chi connectivity index (χ2v) is 7.10. The Morgan fingerprint density at radius 1 is 0.724 bits per heavy atom. The van der Waals surface area contributed by atoms with Crippen molar-refractivity contribution in [1.29, 1.82) is 0 Å². The molecule has 0 aliphatic rings. The molecule has 2 aromatic rings. The number of rotatable bonds is 11. The molecular weight excluding hydrogens is 368 g/mol. The molecule has 0 saturated heterocycles. The molecule has 0 aliphatic carbocycles. The van der Waals surface area contributed by atoms with E-state index in [-0.39, 0.29) is 24.7 Å². The molecule has 0 radical (unpaired) electrons. The molecule has 0 saturated carbocycles. The number of benzene rings is 2. The summed E-state index contributed by atoms with van der Waals surface area (Å²) in [6.45, 7) is 2.88. The topological polar surface area (TPSA) is 95.5 Å². The van der Waals surface area contributed by atoms with Gasteiger partial charge in [0.2, 0.25) is 11.8 Å². The van der Waals surface area contributed by atoms with E-state index in [1.165, 1.54) is 11.1 Å². The van der Waals surface area contributed by atoms with Crippen molar-refractivity contribution in [3.8, 4) is 0 Å². The first-order valence-electron chi connectivity index (χ1n) is 9.81. The van der Waals surface area contributed by atoms with Gasteiger partial charge in [0.1, 0.15) is 0 Å². The van der Waals surface area contributed by atoms with Gasteiger partial charge in [0.15, 0.2) is 0 Å². The van der Waals surface area contributed by atoms with Crippen molar-refractivity contribution in [3.63, 3.8) is 0 Å². The van der Waals surface area contributed by atoms with E-state index in [1.807, 2.05) is 24.3 Å². The van der Waals surface area contributed by atoms with Crippen LogP contribution in [-0.4, -0.2) is 22.9 Å². The van der Waals surface area contributed by atoms with Crippen LogP contribution in [0.2, 0.25) is 0 Å². The predicted molar refractivity (Wildman–Crippen MR) is 111 cm³/mol. The maximum absolute atomic E-state index is 12.0. The minimum atomic E-state index is -0.985. The molecule has 29 heavy (non-hydrogen) atoms. The van der Waals surface area contributed by atoms with Crippen molar-refractivity contribution in [3.05, 3.63) is 70.8 Å². The highest BCUT2D eigenvalue weighted by Crippen LogP contribution is 2.08. The highest BCUT2D eigenvalue weighted by atomic mass is 16.4. The molecule has 0 heterocycles. The van der Waals surface area contributed by atoms with Crippen molar-refractivity contribution >= 4 is 17.8 Å². The van der Waals surface area contributed by atoms with Crippen molar-refractivity contribution in [2.75, 3.05) is 0 Å². The Balaban J connectivity index is 1.64. The van der Waals surface area contributed by atoms with E-state index in [0.29, 0.717) is 19.5 Å². The summed E-state index contributed by atoms with van der Waals surface area (Å²) >= 11 is 0. The third-order valence-corrected chi connectivity index (χ3v) is 4.56. The Bertz CT molecular complexity index is 814. The molecule has 154 valence electrons. The number of carboxylic acids is 1. The smallest absolute Gasteiger partial charge is 0.303 e. The van der Waals surface area contributed by atoms with Crippen LogP contribution < -0.4 is 10.6 Å². The Labute approximate surface area is 171 Å². The number of hydrogen-bond acceptors (Lipinski definition) is 3. The van der Waals surface area contributed by atoms with Gasteiger partial charge < -0.3 is 15.7 Å². The normalized spacial score (nSPS) is 10.4. The standard InChI is InChI=1S/C23H28N2O4/c1-17-5-7-18(8-6-17)3-2-4-21(26)24-15-19-9-11-20(12-10-19)16-25-22(27)13-14-23(28)29/h5-12H,2-4,13-16H2,1H3,(H,24,26)(H,25,27)(H,28,29). The van der Waals surface area contributed by atoms with Gasteiger partial charge in [0, 0.05) is 25.9 Å². The van der Waals surface area contributed by atoms with Crippen LogP contribution in [0, 0.1) is 6.92 Å². The molecule has 0 atom stereocenters. The fraction of sp³-hybridized carbons (Fsp3) is 0.348. The van der Waals surface area contributed by atoms with E-state index >= 15 is 0 Å². The monoisotopic (exact) mass is 396 g/mol. The molecule has 2 aromatic carbocycles. The number of hydrogen-bond donors (Lipinski definition) is 3. The number of carbonyl (C=O) groups is 3. The van der Waals surface area contributed by atoms with Crippen molar-refractivity contribution in [2.45, 2.75) is 52.1 Å². The number of aliphatic carboxylic acids is 1. The van der Waals surface area contributed by atoms with Gasteiger partial charge in [-0.3, -0.25) is 14.4 Å². The van der Waals surface area contributed by atoms with Gasteiger partial charge in [-0.2, -0.15) is 0 Å². The molecule has 0 aromatic heterocycles. The Morgan fingerprint density at radius 2 is 1.21 bits per heavy atom. The van der Waals surface area contributed by atoms with Gasteiger partial charge in [-0.1, -0.05) is 54.1 Å². The van der Waals surface area contributed by atoms with Gasteiger partial charge >= 0.3 is 5.97 Å². The maximum atomic E-state index is 12.0. The van der Waals surface area contributed by atoms with Crippen LogP contribution in [0.3, 0.4) is 0 Å². The number of carbonyl (C=O) groups excluding carboxylic acids is 2. The SMILES string of the molecule is Cc1ccc(CCCC(=O)NCc2ccc(CNC(=O)CCC(=O)O)cc2)cc1. The van der Waals surface area contributed by atoms with Gasteiger partial charge in [-0.15, -0.1) is 0 Å². The number of amides is 2. The number of aryl methyl sites for hydroxylation is 2. The minimum absolute atomic E-state index is 0.0244. The summed E-state index contributed by atoms with van der Waals surface area (Å²) in [5.41, 5.74) is 4.38. The molecular formula is C23H28N2O4. The van der Waals surface area contributed by atoms with Gasteiger partial charge in [-0.05, 0) is 36.5 Å². The van der Waals surface area contributed by atoms with E-state index in [0.717, 1.165) is 24.0 Å². The van der Waals surface area contributed by atoms with Crippen molar-refractivity contribution < 1.29 is 19.5 Å². The molecule has 0 bridgehead atoms. The number of nitrogens with one attached hydrogen (secondary N) is 2. The van der Waals surface area contributed by atoms with Gasteiger partial charge in [0.05, 0.1) is 6.42 Å². The average Bonchev–Trinajstić information content (AvgIpc) is 2.71. The second kappa shape index (κ2) is 11.6. The van der Waals surface area contributed by atoms with Crippen LogP contribution in [0.25, 0.3) is 0 Å². The third kappa shape index (κ3) is 9.06. The zero-order chi connectivity index (χ0) is 21.1. The summed E-state index contributed by atoms with van der Waals surface area (Å²) in [5.74, 6) is -1.23. The Kier molecular flexibility index (Phi) is 8.89. The fourth-order valence-electron chi connectivity index (χ4n) is 2.78. The van der Waals surface area contributed by atoms with Gasteiger partial charge in [-0.25, -0.2) is 0 Å². The lowest BCUT2D eigenvalue weighted by atomic mass is 10.1.